The summed E-state index contributed by atoms with van der Waals surface area (Å²) in [7, 11) is 0. The Kier molecular flexibility index (Phi) is 5.76. The molecule has 2 amide bonds. The van der Waals surface area contributed by atoms with Gasteiger partial charge < -0.3 is 15.4 Å². The van der Waals surface area contributed by atoms with E-state index in [2.05, 4.69) is 10.6 Å². The second kappa shape index (κ2) is 7.56. The van der Waals surface area contributed by atoms with Crippen LogP contribution in [0, 0.1) is 0 Å². The molecule has 0 aromatic carbocycles. The van der Waals surface area contributed by atoms with Crippen molar-refractivity contribution in [3.63, 3.8) is 0 Å². The molecule has 0 saturated carbocycles. The Morgan fingerprint density at radius 3 is 2.86 bits per heavy atom. The maximum absolute atomic E-state index is 12.2. The molecule has 1 aromatic rings. The Hall–Kier alpha value is -1.40. The highest BCUT2D eigenvalue weighted by molar-refractivity contribution is 7.10. The molecule has 1 aliphatic heterocycles. The third-order valence-corrected chi connectivity index (χ3v) is 4.55. The lowest BCUT2D eigenvalue weighted by molar-refractivity contribution is -0.123. The van der Waals surface area contributed by atoms with Crippen LogP contribution in [0.15, 0.2) is 17.5 Å². The van der Waals surface area contributed by atoms with Gasteiger partial charge in [0.05, 0.1) is 24.6 Å². The molecule has 0 bridgehead atoms. The molecule has 0 aliphatic carbocycles. The predicted octanol–water partition coefficient (Wildman–Crippen LogP) is 2.00. The minimum Gasteiger partial charge on any atom is -0.376 e. The van der Waals surface area contributed by atoms with Gasteiger partial charge in [0.2, 0.25) is 11.8 Å². The van der Waals surface area contributed by atoms with Gasteiger partial charge in [0.25, 0.3) is 0 Å². The molecule has 0 radical (unpaired) electrons. The van der Waals surface area contributed by atoms with Crippen molar-refractivity contribution in [3.8, 4) is 0 Å². The quantitative estimate of drug-likeness (QED) is 0.844. The zero-order valence-corrected chi connectivity index (χ0v) is 13.2. The van der Waals surface area contributed by atoms with Gasteiger partial charge in [0.15, 0.2) is 0 Å². The zero-order valence-electron chi connectivity index (χ0n) is 12.4. The topological polar surface area (TPSA) is 67.4 Å². The van der Waals surface area contributed by atoms with E-state index in [1.807, 2.05) is 24.4 Å². The fourth-order valence-electron chi connectivity index (χ4n) is 2.55. The van der Waals surface area contributed by atoms with Crippen LogP contribution in [0.1, 0.15) is 44.0 Å². The summed E-state index contributed by atoms with van der Waals surface area (Å²) in [6.07, 6.45) is 2.39. The van der Waals surface area contributed by atoms with E-state index in [1.54, 1.807) is 0 Å². The van der Waals surface area contributed by atoms with E-state index in [-0.39, 0.29) is 36.4 Å². The number of thiophene rings is 1. The Labute approximate surface area is 129 Å². The number of nitrogens with one attached hydrogen (secondary N) is 2. The van der Waals surface area contributed by atoms with E-state index in [0.29, 0.717) is 0 Å². The molecule has 2 heterocycles. The molecule has 0 spiro atoms. The third-order valence-electron chi connectivity index (χ3n) is 3.56. The molecule has 3 atom stereocenters. The molecule has 1 aromatic heterocycles. The molecular formula is C15H22N2O3S. The van der Waals surface area contributed by atoms with Crippen molar-refractivity contribution < 1.29 is 14.3 Å². The molecule has 0 unspecified atom stereocenters. The van der Waals surface area contributed by atoms with Crippen LogP contribution in [-0.4, -0.2) is 30.6 Å². The first-order chi connectivity index (χ1) is 10.1. The smallest absolute Gasteiger partial charge is 0.222 e. The lowest BCUT2D eigenvalue weighted by atomic mass is 10.1. The summed E-state index contributed by atoms with van der Waals surface area (Å²) in [5.41, 5.74) is 0. The van der Waals surface area contributed by atoms with E-state index in [9.17, 15) is 9.59 Å². The van der Waals surface area contributed by atoms with Gasteiger partial charge in [-0.15, -0.1) is 11.3 Å². The van der Waals surface area contributed by atoms with Crippen LogP contribution < -0.4 is 10.6 Å². The average molecular weight is 310 g/mol. The number of hydrogen-bond acceptors (Lipinski definition) is 4. The van der Waals surface area contributed by atoms with Gasteiger partial charge in [-0.3, -0.25) is 9.59 Å². The molecule has 1 aliphatic rings. The number of rotatable bonds is 6. The number of amides is 2. The summed E-state index contributed by atoms with van der Waals surface area (Å²) in [6, 6.07) is 3.59. The second-order valence-electron chi connectivity index (χ2n) is 5.38. The monoisotopic (exact) mass is 310 g/mol. The van der Waals surface area contributed by atoms with Crippen LogP contribution >= 0.6 is 11.3 Å². The van der Waals surface area contributed by atoms with Gasteiger partial charge in [-0.2, -0.15) is 0 Å². The van der Waals surface area contributed by atoms with Gasteiger partial charge in [0.1, 0.15) is 0 Å². The van der Waals surface area contributed by atoms with Gasteiger partial charge >= 0.3 is 0 Å². The summed E-state index contributed by atoms with van der Waals surface area (Å²) in [5.74, 6) is -0.196. The number of carbonyl (C=O) groups is 2. The lowest BCUT2D eigenvalue weighted by Gasteiger charge is -2.22. The Balaban J connectivity index is 1.89. The lowest BCUT2D eigenvalue weighted by Crippen LogP contribution is -2.42. The summed E-state index contributed by atoms with van der Waals surface area (Å²) >= 11 is 1.54. The van der Waals surface area contributed by atoms with Crippen LogP contribution in [-0.2, 0) is 14.3 Å². The summed E-state index contributed by atoms with van der Waals surface area (Å²) in [6.45, 7) is 4.20. The van der Waals surface area contributed by atoms with Crippen molar-refractivity contribution in [2.45, 2.75) is 51.3 Å². The SMILES string of the molecule is CC(=O)N[C@H](CC(=O)N[C@H](C)[C@H]1CCCO1)c1cccs1. The highest BCUT2D eigenvalue weighted by Crippen LogP contribution is 2.22. The fourth-order valence-corrected chi connectivity index (χ4v) is 3.32. The Morgan fingerprint density at radius 2 is 2.29 bits per heavy atom. The van der Waals surface area contributed by atoms with E-state index in [4.69, 9.17) is 4.74 Å². The second-order valence-corrected chi connectivity index (χ2v) is 6.36. The van der Waals surface area contributed by atoms with Crippen LogP contribution in [0.5, 0.6) is 0 Å². The Morgan fingerprint density at radius 1 is 1.48 bits per heavy atom. The molecule has 5 nitrogen and oxygen atoms in total. The van der Waals surface area contributed by atoms with Crippen LogP contribution in [0.25, 0.3) is 0 Å². The normalized spacial score (nSPS) is 20.8. The number of carbonyl (C=O) groups excluding carboxylic acids is 2. The molecule has 1 fully saturated rings. The van der Waals surface area contributed by atoms with Crippen molar-refractivity contribution in [1.82, 2.24) is 10.6 Å². The van der Waals surface area contributed by atoms with Gasteiger partial charge in [0, 0.05) is 18.4 Å². The minimum atomic E-state index is -0.265. The van der Waals surface area contributed by atoms with E-state index >= 15 is 0 Å². The zero-order chi connectivity index (χ0) is 15.2. The number of ether oxygens (including phenoxy) is 1. The van der Waals surface area contributed by atoms with Crippen molar-refractivity contribution in [2.24, 2.45) is 0 Å². The molecule has 21 heavy (non-hydrogen) atoms. The summed E-state index contributed by atoms with van der Waals surface area (Å²) in [4.78, 5) is 24.5. The van der Waals surface area contributed by atoms with Crippen molar-refractivity contribution in [1.29, 1.82) is 0 Å². The van der Waals surface area contributed by atoms with Gasteiger partial charge in [-0.1, -0.05) is 6.07 Å². The molecule has 2 rings (SSSR count). The predicted molar refractivity (Wildman–Crippen MR) is 82.1 cm³/mol. The standard InChI is InChI=1S/C15H22N2O3S/c1-10(13-5-3-7-20-13)16-15(19)9-12(17-11(2)18)14-6-4-8-21-14/h4,6,8,10,12-13H,3,5,7,9H2,1-2H3,(H,16,19)(H,17,18)/t10-,12-,13-/m1/s1. The highest BCUT2D eigenvalue weighted by Gasteiger charge is 2.25. The van der Waals surface area contributed by atoms with Gasteiger partial charge in [-0.25, -0.2) is 0 Å². The highest BCUT2D eigenvalue weighted by atomic mass is 32.1. The average Bonchev–Trinajstić information content (AvgIpc) is 3.11. The van der Waals surface area contributed by atoms with E-state index < -0.39 is 0 Å². The largest absolute Gasteiger partial charge is 0.376 e. The Bertz CT molecular complexity index is 469. The molecule has 2 N–H and O–H groups in total. The molecule has 1 saturated heterocycles. The summed E-state index contributed by atoms with van der Waals surface area (Å²) < 4.78 is 5.57. The molecular weight excluding hydrogens is 288 g/mol. The minimum absolute atomic E-state index is 0.00122. The van der Waals surface area contributed by atoms with Crippen LogP contribution in [0.2, 0.25) is 0 Å². The van der Waals surface area contributed by atoms with E-state index in [0.717, 1.165) is 24.3 Å². The van der Waals surface area contributed by atoms with Crippen LogP contribution in [0.3, 0.4) is 0 Å². The van der Waals surface area contributed by atoms with E-state index in [1.165, 1.54) is 18.3 Å². The van der Waals surface area contributed by atoms with Crippen LogP contribution in [0.4, 0.5) is 0 Å². The van der Waals surface area contributed by atoms with Gasteiger partial charge in [-0.05, 0) is 31.2 Å². The fraction of sp³-hybridized carbons (Fsp3) is 0.600. The molecule has 6 heteroatoms. The first kappa shape index (κ1) is 16.0. The maximum Gasteiger partial charge on any atom is 0.222 e. The third kappa shape index (κ3) is 4.82. The summed E-state index contributed by atoms with van der Waals surface area (Å²) in [5, 5.41) is 7.75. The maximum atomic E-state index is 12.2. The van der Waals surface area contributed by atoms with Crippen molar-refractivity contribution in [2.75, 3.05) is 6.61 Å². The first-order valence-corrected chi connectivity index (χ1v) is 8.15. The van der Waals surface area contributed by atoms with Crippen molar-refractivity contribution >= 4 is 23.2 Å². The first-order valence-electron chi connectivity index (χ1n) is 7.27. The number of hydrogen-bond donors (Lipinski definition) is 2. The van der Waals surface area contributed by atoms with Crippen molar-refractivity contribution in [3.05, 3.63) is 22.4 Å². The molecule has 116 valence electrons.